The Morgan fingerprint density at radius 3 is 2.26 bits per heavy atom. The van der Waals surface area contributed by atoms with Crippen LogP contribution in [0, 0.1) is 5.82 Å². The number of piperazine rings is 1. The quantitative estimate of drug-likeness (QED) is 0.580. The number of hydrogen-bond acceptors (Lipinski definition) is 6. The van der Waals surface area contributed by atoms with E-state index in [1.807, 2.05) is 0 Å². The third-order valence-electron chi connectivity index (χ3n) is 5.07. The van der Waals surface area contributed by atoms with E-state index in [0.29, 0.717) is 26.2 Å². The van der Waals surface area contributed by atoms with E-state index in [1.54, 1.807) is 9.32 Å². The average molecular weight is 395 g/mol. The van der Waals surface area contributed by atoms with Crippen LogP contribution in [0.4, 0.5) is 10.1 Å². The predicted octanol–water partition coefficient (Wildman–Crippen LogP) is 0.503. The van der Waals surface area contributed by atoms with Crippen molar-refractivity contribution in [3.63, 3.8) is 0 Å². The van der Waals surface area contributed by atoms with Gasteiger partial charge in [-0.2, -0.15) is 0 Å². The SMILES string of the molecule is O=C1CCC(N2C(=O)c3cc(F)c(N4CCN(Cl)CC4)cc3C2=O)C(=O)N1. The highest BCUT2D eigenvalue weighted by atomic mass is 35.5. The van der Waals surface area contributed by atoms with Gasteiger partial charge in [-0.15, -0.1) is 0 Å². The lowest BCUT2D eigenvalue weighted by molar-refractivity contribution is -0.136. The van der Waals surface area contributed by atoms with Gasteiger partial charge in [-0.25, -0.2) is 8.81 Å². The fourth-order valence-electron chi connectivity index (χ4n) is 3.64. The Morgan fingerprint density at radius 1 is 1.00 bits per heavy atom. The molecule has 0 aromatic heterocycles. The second-order valence-electron chi connectivity index (χ2n) is 6.69. The molecule has 1 atom stereocenters. The Morgan fingerprint density at radius 2 is 1.63 bits per heavy atom. The molecule has 4 rings (SSSR count). The topological polar surface area (TPSA) is 90.0 Å². The lowest BCUT2D eigenvalue weighted by Gasteiger charge is -2.32. The van der Waals surface area contributed by atoms with Gasteiger partial charge in [0.2, 0.25) is 11.8 Å². The number of halogens is 2. The van der Waals surface area contributed by atoms with Crippen molar-refractivity contribution in [1.29, 1.82) is 0 Å². The van der Waals surface area contributed by atoms with E-state index in [2.05, 4.69) is 5.32 Å². The third kappa shape index (κ3) is 2.96. The Bertz CT molecular complexity index is 869. The summed E-state index contributed by atoms with van der Waals surface area (Å²) in [6, 6.07) is 1.34. The number of amides is 4. The highest BCUT2D eigenvalue weighted by Crippen LogP contribution is 2.33. The molecule has 1 N–H and O–H groups in total. The van der Waals surface area contributed by atoms with Gasteiger partial charge in [0.25, 0.3) is 11.8 Å². The summed E-state index contributed by atoms with van der Waals surface area (Å²) in [5.74, 6) is -3.12. The molecule has 2 saturated heterocycles. The summed E-state index contributed by atoms with van der Waals surface area (Å²) in [6.45, 7) is 2.04. The van der Waals surface area contributed by atoms with Gasteiger partial charge in [0.15, 0.2) is 0 Å². The molecule has 0 saturated carbocycles. The third-order valence-corrected chi connectivity index (χ3v) is 5.41. The van der Waals surface area contributed by atoms with Gasteiger partial charge in [0.05, 0.1) is 16.8 Å². The summed E-state index contributed by atoms with van der Waals surface area (Å²) < 4.78 is 16.2. The Labute approximate surface area is 158 Å². The summed E-state index contributed by atoms with van der Waals surface area (Å²) in [4.78, 5) is 51.4. The smallest absolute Gasteiger partial charge is 0.262 e. The van der Waals surface area contributed by atoms with Crippen LogP contribution in [-0.2, 0) is 9.59 Å². The number of fused-ring (bicyclic) bond motifs is 1. The largest absolute Gasteiger partial charge is 0.366 e. The molecule has 0 aliphatic carbocycles. The summed E-state index contributed by atoms with van der Waals surface area (Å²) >= 11 is 5.92. The van der Waals surface area contributed by atoms with Gasteiger partial charge < -0.3 is 4.90 Å². The summed E-state index contributed by atoms with van der Waals surface area (Å²) in [5, 5.41) is 2.13. The molecule has 1 aromatic carbocycles. The molecule has 3 heterocycles. The first-order valence-corrected chi connectivity index (χ1v) is 8.91. The zero-order chi connectivity index (χ0) is 19.3. The summed E-state index contributed by atoms with van der Waals surface area (Å²) in [5.41, 5.74) is 0.223. The van der Waals surface area contributed by atoms with Crippen LogP contribution < -0.4 is 10.2 Å². The van der Waals surface area contributed by atoms with Gasteiger partial charge in [0, 0.05) is 32.6 Å². The van der Waals surface area contributed by atoms with Crippen LogP contribution in [0.15, 0.2) is 12.1 Å². The van der Waals surface area contributed by atoms with Crippen LogP contribution in [0.25, 0.3) is 0 Å². The van der Waals surface area contributed by atoms with Crippen LogP contribution in [-0.4, -0.2) is 65.2 Å². The number of hydrogen-bond donors (Lipinski definition) is 1. The number of carbonyl (C=O) groups excluding carboxylic acids is 4. The van der Waals surface area contributed by atoms with E-state index < -0.39 is 35.5 Å². The number of imide groups is 2. The van der Waals surface area contributed by atoms with Crippen molar-refractivity contribution >= 4 is 41.1 Å². The molecule has 4 amide bonds. The lowest BCUT2D eigenvalue weighted by Crippen LogP contribution is -2.54. The molecule has 142 valence electrons. The molecule has 0 bridgehead atoms. The van der Waals surface area contributed by atoms with Crippen LogP contribution in [0.2, 0.25) is 0 Å². The first kappa shape index (κ1) is 17.9. The minimum atomic E-state index is -1.07. The first-order chi connectivity index (χ1) is 12.9. The number of benzene rings is 1. The zero-order valence-corrected chi connectivity index (χ0v) is 15.0. The number of carbonyl (C=O) groups is 4. The first-order valence-electron chi connectivity index (χ1n) is 8.57. The molecule has 0 spiro atoms. The standard InChI is InChI=1S/C17H16ClFN4O4/c18-22-5-3-21(4-6-22)13-8-10-9(7-11(13)19)16(26)23(17(10)27)12-1-2-14(24)20-15(12)25/h7-8,12H,1-6H2,(H,20,24,25). The van der Waals surface area contributed by atoms with E-state index in [9.17, 15) is 23.6 Å². The minimum absolute atomic E-state index is 0.0339. The van der Waals surface area contributed by atoms with Crippen molar-refractivity contribution in [2.24, 2.45) is 0 Å². The Balaban J connectivity index is 1.65. The fraction of sp³-hybridized carbons (Fsp3) is 0.412. The summed E-state index contributed by atoms with van der Waals surface area (Å²) in [7, 11) is 0. The van der Waals surface area contributed by atoms with Crippen LogP contribution in [0.3, 0.4) is 0 Å². The second-order valence-corrected chi connectivity index (χ2v) is 7.17. The molecule has 1 aromatic rings. The number of rotatable bonds is 2. The van der Waals surface area contributed by atoms with Crippen molar-refractivity contribution in [2.45, 2.75) is 18.9 Å². The van der Waals surface area contributed by atoms with Gasteiger partial charge >= 0.3 is 0 Å². The van der Waals surface area contributed by atoms with E-state index in [4.69, 9.17) is 11.8 Å². The maximum absolute atomic E-state index is 14.6. The minimum Gasteiger partial charge on any atom is -0.366 e. The zero-order valence-electron chi connectivity index (χ0n) is 14.2. The highest BCUT2D eigenvalue weighted by molar-refractivity contribution is 6.23. The maximum atomic E-state index is 14.6. The van der Waals surface area contributed by atoms with Gasteiger partial charge in [-0.05, 0) is 30.3 Å². The fourth-order valence-corrected chi connectivity index (χ4v) is 3.80. The lowest BCUT2D eigenvalue weighted by atomic mass is 10.0. The number of anilines is 1. The molecule has 8 nitrogen and oxygen atoms in total. The highest BCUT2D eigenvalue weighted by Gasteiger charge is 2.45. The predicted molar refractivity (Wildman–Crippen MR) is 92.7 cm³/mol. The van der Waals surface area contributed by atoms with E-state index in [0.717, 1.165) is 11.0 Å². The molecular weight excluding hydrogens is 379 g/mol. The molecule has 27 heavy (non-hydrogen) atoms. The van der Waals surface area contributed by atoms with Gasteiger partial charge in [-0.3, -0.25) is 29.4 Å². The van der Waals surface area contributed by atoms with Crippen molar-refractivity contribution in [3.8, 4) is 0 Å². The van der Waals surface area contributed by atoms with Crippen molar-refractivity contribution < 1.29 is 23.6 Å². The van der Waals surface area contributed by atoms with E-state index in [-0.39, 0.29) is 29.7 Å². The van der Waals surface area contributed by atoms with E-state index in [1.165, 1.54) is 6.07 Å². The van der Waals surface area contributed by atoms with Crippen LogP contribution in [0.5, 0.6) is 0 Å². The van der Waals surface area contributed by atoms with E-state index >= 15 is 0 Å². The number of nitrogens with zero attached hydrogens (tertiary/aromatic N) is 3. The molecule has 3 aliphatic rings. The van der Waals surface area contributed by atoms with Crippen molar-refractivity contribution in [3.05, 3.63) is 29.1 Å². The monoisotopic (exact) mass is 394 g/mol. The van der Waals surface area contributed by atoms with Gasteiger partial charge in [0.1, 0.15) is 11.9 Å². The van der Waals surface area contributed by atoms with Crippen LogP contribution in [0.1, 0.15) is 33.6 Å². The molecular formula is C17H16ClFN4O4. The van der Waals surface area contributed by atoms with Crippen LogP contribution >= 0.6 is 11.8 Å². The Kier molecular flexibility index (Phi) is 4.35. The number of nitrogens with one attached hydrogen (secondary N) is 1. The van der Waals surface area contributed by atoms with Crippen molar-refractivity contribution in [2.75, 3.05) is 31.1 Å². The molecule has 0 radical (unpaired) electrons. The Hall–Kier alpha value is -2.52. The normalized spacial score (nSPS) is 23.7. The average Bonchev–Trinajstić information content (AvgIpc) is 2.86. The van der Waals surface area contributed by atoms with Crippen molar-refractivity contribution in [1.82, 2.24) is 14.6 Å². The maximum Gasteiger partial charge on any atom is 0.262 e. The number of piperidine rings is 1. The molecule has 3 aliphatic heterocycles. The molecule has 2 fully saturated rings. The molecule has 1 unspecified atom stereocenters. The molecule has 10 heteroatoms. The second kappa shape index (κ2) is 6.58. The van der Waals surface area contributed by atoms with Gasteiger partial charge in [-0.1, -0.05) is 0 Å². The summed E-state index contributed by atoms with van der Waals surface area (Å²) in [6.07, 6.45) is 0.0925.